The molecule has 0 N–H and O–H groups in total. The summed E-state index contributed by atoms with van der Waals surface area (Å²) in [5.41, 5.74) is 2.83. The van der Waals surface area contributed by atoms with Crippen molar-refractivity contribution in [1.82, 2.24) is 4.90 Å². The second-order valence-electron chi connectivity index (χ2n) is 7.68. The van der Waals surface area contributed by atoms with Crippen LogP contribution in [0.3, 0.4) is 0 Å². The first-order chi connectivity index (χ1) is 10.4. The Morgan fingerprint density at radius 3 is 2.59 bits per heavy atom. The summed E-state index contributed by atoms with van der Waals surface area (Å²) in [4.78, 5) is 2.48. The van der Waals surface area contributed by atoms with Crippen molar-refractivity contribution < 1.29 is 0 Å². The molecule has 22 heavy (non-hydrogen) atoms. The first-order valence-electron chi connectivity index (χ1n) is 8.27. The van der Waals surface area contributed by atoms with Gasteiger partial charge in [0.1, 0.15) is 0 Å². The van der Waals surface area contributed by atoms with Gasteiger partial charge in [0.05, 0.1) is 12.1 Å². The Morgan fingerprint density at radius 1 is 1.32 bits per heavy atom. The monoisotopic (exact) mass is 296 g/mol. The molecule has 2 rings (SSSR count). The summed E-state index contributed by atoms with van der Waals surface area (Å²) in [6, 6.07) is 13.4. The summed E-state index contributed by atoms with van der Waals surface area (Å²) >= 11 is 0. The summed E-state index contributed by atoms with van der Waals surface area (Å²) in [6.45, 7) is 12.2. The molecule has 0 aromatic heterocycles. The molecule has 1 aromatic rings. The molecule has 0 saturated carbocycles. The predicted octanol–water partition coefficient (Wildman–Crippen LogP) is 5.30. The fraction of sp³-hybridized carbons (Fsp3) is 0.550. The van der Waals surface area contributed by atoms with Crippen molar-refractivity contribution in [2.24, 2.45) is 11.3 Å². The van der Waals surface area contributed by atoms with E-state index in [-0.39, 0.29) is 5.41 Å². The van der Waals surface area contributed by atoms with Crippen LogP contribution in [0.4, 0.5) is 0 Å². The molecule has 1 saturated heterocycles. The fourth-order valence-corrected chi connectivity index (χ4v) is 3.44. The smallest absolute Gasteiger partial charge is 0.0624 e. The van der Waals surface area contributed by atoms with E-state index >= 15 is 0 Å². The molecular weight excluding hydrogens is 268 g/mol. The van der Waals surface area contributed by atoms with Gasteiger partial charge in [-0.05, 0) is 36.2 Å². The van der Waals surface area contributed by atoms with Gasteiger partial charge in [-0.2, -0.15) is 5.26 Å². The largest absolute Gasteiger partial charge is 0.368 e. The molecular formula is C20H28N2. The van der Waals surface area contributed by atoms with Gasteiger partial charge in [0.2, 0.25) is 0 Å². The van der Waals surface area contributed by atoms with Crippen LogP contribution in [0.5, 0.6) is 0 Å². The van der Waals surface area contributed by atoms with E-state index in [1.807, 2.05) is 0 Å². The Kier molecular flexibility index (Phi) is 5.29. The third kappa shape index (κ3) is 4.37. The number of rotatable bonds is 4. The number of nitrogens with zero attached hydrogens (tertiary/aromatic N) is 2. The van der Waals surface area contributed by atoms with Crippen LogP contribution in [0, 0.1) is 22.7 Å². The first kappa shape index (κ1) is 16.6. The van der Waals surface area contributed by atoms with Crippen molar-refractivity contribution in [3.63, 3.8) is 0 Å². The number of allylic oxidation sites excluding steroid dienone is 1. The van der Waals surface area contributed by atoms with Crippen molar-refractivity contribution in [2.75, 3.05) is 6.54 Å². The topological polar surface area (TPSA) is 27.0 Å². The average molecular weight is 296 g/mol. The fourth-order valence-electron chi connectivity index (χ4n) is 3.44. The van der Waals surface area contributed by atoms with Gasteiger partial charge >= 0.3 is 0 Å². The lowest BCUT2D eigenvalue weighted by atomic mass is 9.83. The van der Waals surface area contributed by atoms with E-state index in [1.54, 1.807) is 0 Å². The maximum absolute atomic E-state index is 9.02. The number of nitriles is 1. The summed E-state index contributed by atoms with van der Waals surface area (Å²) < 4.78 is 0. The molecule has 0 radical (unpaired) electrons. The van der Waals surface area contributed by atoms with Crippen molar-refractivity contribution in [2.45, 2.75) is 52.5 Å². The lowest BCUT2D eigenvalue weighted by molar-refractivity contribution is 0.139. The van der Waals surface area contributed by atoms with Crippen LogP contribution in [0.25, 0.3) is 0 Å². The lowest BCUT2D eigenvalue weighted by Gasteiger charge is -2.43. The van der Waals surface area contributed by atoms with Gasteiger partial charge in [-0.3, -0.25) is 0 Å². The predicted molar refractivity (Wildman–Crippen MR) is 92.1 cm³/mol. The van der Waals surface area contributed by atoms with Gasteiger partial charge in [0, 0.05) is 18.7 Å². The molecule has 0 amide bonds. The van der Waals surface area contributed by atoms with Crippen LogP contribution < -0.4 is 0 Å². The van der Waals surface area contributed by atoms with Crippen LogP contribution in [-0.2, 0) is 0 Å². The first-order valence-corrected chi connectivity index (χ1v) is 8.27. The van der Waals surface area contributed by atoms with Crippen molar-refractivity contribution in [3.05, 3.63) is 48.2 Å². The van der Waals surface area contributed by atoms with Crippen molar-refractivity contribution >= 4 is 0 Å². The normalized spacial score (nSPS) is 22.2. The Morgan fingerprint density at radius 2 is 2.00 bits per heavy atom. The minimum atomic E-state index is 0.252. The third-order valence-electron chi connectivity index (χ3n) is 4.42. The van der Waals surface area contributed by atoms with E-state index in [0.29, 0.717) is 18.4 Å². The maximum atomic E-state index is 9.02. The quantitative estimate of drug-likeness (QED) is 0.753. The van der Waals surface area contributed by atoms with E-state index in [2.05, 4.69) is 68.7 Å². The molecule has 2 nitrogen and oxygen atoms in total. The molecule has 1 fully saturated rings. The number of benzene rings is 1. The molecule has 2 heteroatoms. The number of piperidine rings is 1. The summed E-state index contributed by atoms with van der Waals surface area (Å²) in [6.07, 6.45) is 3.84. The highest BCUT2D eigenvalue weighted by molar-refractivity contribution is 5.22. The molecule has 2 atom stereocenters. The third-order valence-corrected chi connectivity index (χ3v) is 4.42. The second kappa shape index (κ2) is 7.01. The van der Waals surface area contributed by atoms with E-state index in [1.165, 1.54) is 11.3 Å². The highest BCUT2D eigenvalue weighted by Gasteiger charge is 2.31. The van der Waals surface area contributed by atoms with Gasteiger partial charge < -0.3 is 4.90 Å². The van der Waals surface area contributed by atoms with Crippen LogP contribution in [0.2, 0.25) is 0 Å². The van der Waals surface area contributed by atoms with Crippen molar-refractivity contribution in [1.29, 1.82) is 5.26 Å². The second-order valence-corrected chi connectivity index (χ2v) is 7.68. The van der Waals surface area contributed by atoms with Crippen LogP contribution in [0.1, 0.15) is 58.1 Å². The molecule has 1 aromatic carbocycles. The van der Waals surface area contributed by atoms with Gasteiger partial charge in [-0.15, -0.1) is 0 Å². The zero-order valence-electron chi connectivity index (χ0n) is 14.2. The van der Waals surface area contributed by atoms with Gasteiger partial charge in [-0.1, -0.05) is 57.7 Å². The number of hydrogen-bond acceptors (Lipinski definition) is 2. The molecule has 0 bridgehead atoms. The number of likely N-dealkylation sites (tertiary alicyclic amines) is 1. The van der Waals surface area contributed by atoms with Crippen LogP contribution in [-0.4, -0.2) is 11.4 Å². The minimum absolute atomic E-state index is 0.252. The van der Waals surface area contributed by atoms with E-state index in [4.69, 9.17) is 5.26 Å². The van der Waals surface area contributed by atoms with E-state index < -0.39 is 0 Å². The summed E-state index contributed by atoms with van der Waals surface area (Å²) in [5.74, 6) is 0.508. The Bertz CT molecular complexity index is 533. The number of hydrogen-bond donors (Lipinski definition) is 0. The van der Waals surface area contributed by atoms with Gasteiger partial charge in [0.15, 0.2) is 0 Å². The Balaban J connectivity index is 2.20. The Labute approximate surface area is 135 Å². The lowest BCUT2D eigenvalue weighted by Crippen LogP contribution is -2.37. The Hall–Kier alpha value is -1.75. The summed E-state index contributed by atoms with van der Waals surface area (Å²) in [7, 11) is 0. The maximum Gasteiger partial charge on any atom is 0.0624 e. The van der Waals surface area contributed by atoms with Gasteiger partial charge in [0.25, 0.3) is 0 Å². The molecule has 1 aliphatic rings. The van der Waals surface area contributed by atoms with E-state index in [9.17, 15) is 0 Å². The molecule has 1 heterocycles. The highest BCUT2D eigenvalue weighted by Crippen LogP contribution is 2.39. The summed E-state index contributed by atoms with van der Waals surface area (Å²) in [5, 5.41) is 9.02. The standard InChI is InChI=1S/C20H28N2/c1-16(15-20(2,3)4)22-13-11-17(10-12-21)14-19(22)18-8-6-5-7-9-18/h5-9,17,19H,1,10-11,13-15H2,2-4H3. The van der Waals surface area contributed by atoms with Crippen molar-refractivity contribution in [3.8, 4) is 6.07 Å². The van der Waals surface area contributed by atoms with Crippen LogP contribution in [0.15, 0.2) is 42.6 Å². The van der Waals surface area contributed by atoms with Gasteiger partial charge in [-0.25, -0.2) is 0 Å². The molecule has 118 valence electrons. The SMILES string of the molecule is C=C(CC(C)(C)C)N1CCC(CC#N)CC1c1ccccc1. The van der Waals surface area contributed by atoms with E-state index in [0.717, 1.165) is 25.8 Å². The molecule has 0 spiro atoms. The zero-order chi connectivity index (χ0) is 16.2. The minimum Gasteiger partial charge on any atom is -0.368 e. The zero-order valence-corrected chi connectivity index (χ0v) is 14.2. The average Bonchev–Trinajstić information content (AvgIpc) is 2.46. The molecule has 0 aliphatic carbocycles. The molecule has 2 unspecified atom stereocenters. The molecule has 1 aliphatic heterocycles. The highest BCUT2D eigenvalue weighted by atomic mass is 15.2. The van der Waals surface area contributed by atoms with Crippen LogP contribution >= 0.6 is 0 Å².